The Hall–Kier alpha value is -2.62. The average Bonchev–Trinajstić information content (AvgIpc) is 2.99. The van der Waals surface area contributed by atoms with Gasteiger partial charge in [0, 0.05) is 12.2 Å². The lowest BCUT2D eigenvalue weighted by molar-refractivity contribution is -0.121. The molecule has 4 nitrogen and oxygen atoms in total. The topological polar surface area (TPSA) is 46.6 Å². The standard InChI is InChI=1S/C19H19NO3/c1-13-6-5-8-16(14(13)2)19(22)23-12-18(21)20-11-10-15-7-3-4-9-17(15)20/h3-9H,10-12H2,1-2H3. The molecule has 1 aliphatic heterocycles. The molecule has 0 fully saturated rings. The Bertz CT molecular complexity index is 767. The van der Waals surface area contributed by atoms with Gasteiger partial charge in [0.05, 0.1) is 5.56 Å². The average molecular weight is 309 g/mol. The lowest BCUT2D eigenvalue weighted by atomic mass is 10.0. The summed E-state index contributed by atoms with van der Waals surface area (Å²) in [4.78, 5) is 26.2. The van der Waals surface area contributed by atoms with Gasteiger partial charge in [-0.2, -0.15) is 0 Å². The second-order valence-corrected chi connectivity index (χ2v) is 5.75. The first-order chi connectivity index (χ1) is 11.1. The number of benzene rings is 2. The molecule has 0 bridgehead atoms. The summed E-state index contributed by atoms with van der Waals surface area (Å²) in [6.07, 6.45) is 0.840. The molecule has 0 saturated carbocycles. The Kier molecular flexibility index (Phi) is 4.15. The third-order valence-electron chi connectivity index (χ3n) is 4.34. The number of aryl methyl sites for hydroxylation is 1. The zero-order chi connectivity index (χ0) is 16.4. The Labute approximate surface area is 135 Å². The molecular weight excluding hydrogens is 290 g/mol. The number of fused-ring (bicyclic) bond motifs is 1. The van der Waals surface area contributed by atoms with Crippen LogP contribution in [-0.2, 0) is 16.0 Å². The highest BCUT2D eigenvalue weighted by Gasteiger charge is 2.25. The zero-order valence-electron chi connectivity index (χ0n) is 13.3. The number of rotatable bonds is 3. The van der Waals surface area contributed by atoms with Crippen molar-refractivity contribution in [3.8, 4) is 0 Å². The maximum Gasteiger partial charge on any atom is 0.338 e. The van der Waals surface area contributed by atoms with E-state index in [0.29, 0.717) is 12.1 Å². The molecule has 1 heterocycles. The lowest BCUT2D eigenvalue weighted by Gasteiger charge is -2.17. The molecule has 0 aromatic heterocycles. The summed E-state index contributed by atoms with van der Waals surface area (Å²) >= 11 is 0. The van der Waals surface area contributed by atoms with Gasteiger partial charge in [-0.25, -0.2) is 4.79 Å². The third kappa shape index (κ3) is 2.97. The number of hydrogen-bond acceptors (Lipinski definition) is 3. The fourth-order valence-electron chi connectivity index (χ4n) is 2.85. The van der Waals surface area contributed by atoms with Gasteiger partial charge < -0.3 is 9.64 Å². The number of esters is 1. The summed E-state index contributed by atoms with van der Waals surface area (Å²) in [5.74, 6) is -0.638. The smallest absolute Gasteiger partial charge is 0.338 e. The van der Waals surface area contributed by atoms with Crippen LogP contribution >= 0.6 is 0 Å². The highest BCUT2D eigenvalue weighted by molar-refractivity contribution is 5.98. The molecule has 4 heteroatoms. The summed E-state index contributed by atoms with van der Waals surface area (Å²) in [5.41, 5.74) is 4.50. The van der Waals surface area contributed by atoms with E-state index in [1.165, 1.54) is 0 Å². The summed E-state index contributed by atoms with van der Waals surface area (Å²) in [6.45, 7) is 4.22. The van der Waals surface area contributed by atoms with Crippen LogP contribution in [0.15, 0.2) is 42.5 Å². The number of amides is 1. The molecule has 0 N–H and O–H groups in total. The van der Waals surface area contributed by atoms with E-state index in [4.69, 9.17) is 4.74 Å². The summed E-state index contributed by atoms with van der Waals surface area (Å²) in [7, 11) is 0. The molecule has 118 valence electrons. The fourth-order valence-corrected chi connectivity index (χ4v) is 2.85. The minimum atomic E-state index is -0.452. The number of carbonyl (C=O) groups is 2. The minimum Gasteiger partial charge on any atom is -0.452 e. The number of carbonyl (C=O) groups excluding carboxylic acids is 2. The Morgan fingerprint density at radius 3 is 2.70 bits per heavy atom. The number of para-hydroxylation sites is 1. The second kappa shape index (κ2) is 6.24. The minimum absolute atomic E-state index is 0.186. The highest BCUT2D eigenvalue weighted by Crippen LogP contribution is 2.27. The number of ether oxygens (including phenoxy) is 1. The maximum absolute atomic E-state index is 12.3. The zero-order valence-corrected chi connectivity index (χ0v) is 13.3. The van der Waals surface area contributed by atoms with Gasteiger partial charge in [0.1, 0.15) is 0 Å². The van der Waals surface area contributed by atoms with Crippen LogP contribution in [0.25, 0.3) is 0 Å². The predicted molar refractivity (Wildman–Crippen MR) is 88.7 cm³/mol. The van der Waals surface area contributed by atoms with E-state index in [1.54, 1.807) is 11.0 Å². The molecule has 2 aromatic carbocycles. The molecular formula is C19H19NO3. The molecule has 0 unspecified atom stereocenters. The number of nitrogens with zero attached hydrogens (tertiary/aromatic N) is 1. The Morgan fingerprint density at radius 1 is 1.09 bits per heavy atom. The van der Waals surface area contributed by atoms with Crippen LogP contribution in [0.4, 0.5) is 5.69 Å². The van der Waals surface area contributed by atoms with E-state index in [2.05, 4.69) is 0 Å². The van der Waals surface area contributed by atoms with E-state index in [0.717, 1.165) is 28.8 Å². The van der Waals surface area contributed by atoms with Crippen LogP contribution in [0.5, 0.6) is 0 Å². The van der Waals surface area contributed by atoms with E-state index in [1.807, 2.05) is 50.2 Å². The first-order valence-corrected chi connectivity index (χ1v) is 7.69. The van der Waals surface area contributed by atoms with Gasteiger partial charge in [-0.1, -0.05) is 30.3 Å². The van der Waals surface area contributed by atoms with Crippen molar-refractivity contribution in [3.05, 3.63) is 64.7 Å². The van der Waals surface area contributed by atoms with E-state index in [-0.39, 0.29) is 12.5 Å². The largest absolute Gasteiger partial charge is 0.452 e. The van der Waals surface area contributed by atoms with Crippen LogP contribution in [0.1, 0.15) is 27.0 Å². The van der Waals surface area contributed by atoms with Crippen LogP contribution < -0.4 is 4.90 Å². The quantitative estimate of drug-likeness (QED) is 0.819. The van der Waals surface area contributed by atoms with Crippen molar-refractivity contribution in [3.63, 3.8) is 0 Å². The summed E-state index contributed by atoms with van der Waals surface area (Å²) < 4.78 is 5.22. The van der Waals surface area contributed by atoms with Crippen LogP contribution in [-0.4, -0.2) is 25.0 Å². The number of anilines is 1. The van der Waals surface area contributed by atoms with Crippen molar-refractivity contribution in [1.82, 2.24) is 0 Å². The van der Waals surface area contributed by atoms with Gasteiger partial charge in [0.25, 0.3) is 5.91 Å². The normalized spacial score (nSPS) is 12.9. The first kappa shape index (κ1) is 15.3. The van der Waals surface area contributed by atoms with E-state index < -0.39 is 5.97 Å². The van der Waals surface area contributed by atoms with Crippen molar-refractivity contribution in [1.29, 1.82) is 0 Å². The van der Waals surface area contributed by atoms with Crippen molar-refractivity contribution in [2.45, 2.75) is 20.3 Å². The fraction of sp³-hybridized carbons (Fsp3) is 0.263. The van der Waals surface area contributed by atoms with Gasteiger partial charge in [0.2, 0.25) is 0 Å². The van der Waals surface area contributed by atoms with Crippen molar-refractivity contribution < 1.29 is 14.3 Å². The predicted octanol–water partition coefficient (Wildman–Crippen LogP) is 3.05. The molecule has 1 aliphatic rings. The molecule has 3 rings (SSSR count). The van der Waals surface area contributed by atoms with E-state index >= 15 is 0 Å². The summed E-state index contributed by atoms with van der Waals surface area (Å²) in [5, 5.41) is 0. The lowest BCUT2D eigenvalue weighted by Crippen LogP contribution is -2.33. The number of hydrogen-bond donors (Lipinski definition) is 0. The van der Waals surface area contributed by atoms with Crippen LogP contribution in [0.3, 0.4) is 0 Å². The Morgan fingerprint density at radius 2 is 1.87 bits per heavy atom. The van der Waals surface area contributed by atoms with Gasteiger partial charge in [-0.05, 0) is 49.1 Å². The molecule has 2 aromatic rings. The van der Waals surface area contributed by atoms with Gasteiger partial charge in [0.15, 0.2) is 6.61 Å². The van der Waals surface area contributed by atoms with Gasteiger partial charge in [-0.15, -0.1) is 0 Å². The molecule has 23 heavy (non-hydrogen) atoms. The third-order valence-corrected chi connectivity index (χ3v) is 4.34. The van der Waals surface area contributed by atoms with Crippen molar-refractivity contribution >= 4 is 17.6 Å². The molecule has 1 amide bonds. The van der Waals surface area contributed by atoms with Gasteiger partial charge >= 0.3 is 5.97 Å². The SMILES string of the molecule is Cc1cccc(C(=O)OCC(=O)N2CCc3ccccc32)c1C. The van der Waals surface area contributed by atoms with Crippen molar-refractivity contribution in [2.75, 3.05) is 18.1 Å². The second-order valence-electron chi connectivity index (χ2n) is 5.75. The van der Waals surface area contributed by atoms with Crippen LogP contribution in [0, 0.1) is 13.8 Å². The van der Waals surface area contributed by atoms with Crippen molar-refractivity contribution in [2.24, 2.45) is 0 Å². The van der Waals surface area contributed by atoms with E-state index in [9.17, 15) is 9.59 Å². The monoisotopic (exact) mass is 309 g/mol. The summed E-state index contributed by atoms with van der Waals surface area (Å²) in [6, 6.07) is 13.3. The Balaban J connectivity index is 1.66. The first-order valence-electron chi connectivity index (χ1n) is 7.69. The molecule has 0 saturated heterocycles. The maximum atomic E-state index is 12.3. The molecule has 0 spiro atoms. The molecule has 0 atom stereocenters. The highest BCUT2D eigenvalue weighted by atomic mass is 16.5. The van der Waals surface area contributed by atoms with Crippen LogP contribution in [0.2, 0.25) is 0 Å². The molecule has 0 radical (unpaired) electrons. The molecule has 0 aliphatic carbocycles. The van der Waals surface area contributed by atoms with Gasteiger partial charge in [-0.3, -0.25) is 4.79 Å².